The molecule has 0 radical (unpaired) electrons. The predicted molar refractivity (Wildman–Crippen MR) is 148 cm³/mol. The van der Waals surface area contributed by atoms with Crippen LogP contribution in [0.25, 0.3) is 0 Å². The molecule has 0 N–H and O–H groups in total. The average Bonchev–Trinajstić information content (AvgIpc) is 2.85. The summed E-state index contributed by atoms with van der Waals surface area (Å²) in [4.78, 5) is 5.40. The van der Waals surface area contributed by atoms with Crippen molar-refractivity contribution in [2.24, 2.45) is 11.8 Å². The van der Waals surface area contributed by atoms with Gasteiger partial charge in [-0.1, -0.05) is 73.9 Å². The predicted octanol–water partition coefficient (Wildman–Crippen LogP) is 7.98. The van der Waals surface area contributed by atoms with Gasteiger partial charge in [0.05, 0.1) is 0 Å². The van der Waals surface area contributed by atoms with Gasteiger partial charge in [-0.2, -0.15) is 0 Å². The summed E-state index contributed by atoms with van der Waals surface area (Å²) < 4.78 is 0. The van der Waals surface area contributed by atoms with E-state index in [-0.39, 0.29) is 0 Å². The van der Waals surface area contributed by atoms with Crippen LogP contribution in [0.5, 0.6) is 0 Å². The fraction of sp³-hybridized carbons (Fsp3) is 0.625. The van der Waals surface area contributed by atoms with Crippen molar-refractivity contribution in [3.63, 3.8) is 0 Å². The van der Waals surface area contributed by atoms with Crippen molar-refractivity contribution >= 4 is 0 Å². The van der Waals surface area contributed by atoms with E-state index in [1.165, 1.54) is 96.7 Å². The Morgan fingerprint density at radius 3 is 2.18 bits per heavy atom. The second kappa shape index (κ2) is 14.6. The van der Waals surface area contributed by atoms with Crippen molar-refractivity contribution in [2.45, 2.75) is 83.5 Å². The molecule has 5 rings (SSSR count). The molecule has 0 aromatic heterocycles. The summed E-state index contributed by atoms with van der Waals surface area (Å²) in [5.41, 5.74) is 3.33. The molecule has 6 bridgehead atoms. The molecule has 0 spiro atoms. The number of hydrogen-bond acceptors (Lipinski definition) is 2. The Balaban J connectivity index is 1.55. The molecule has 34 heavy (non-hydrogen) atoms. The van der Waals surface area contributed by atoms with Gasteiger partial charge in [0.1, 0.15) is 0 Å². The smallest absolute Gasteiger partial charge is 0.0389 e. The summed E-state index contributed by atoms with van der Waals surface area (Å²) in [7, 11) is 0. The lowest BCUT2D eigenvalue weighted by molar-refractivity contribution is 0.125. The van der Waals surface area contributed by atoms with Crippen LogP contribution in [0, 0.1) is 11.8 Å². The summed E-state index contributed by atoms with van der Waals surface area (Å²) in [6.45, 7) is 6.09. The SMILES string of the molecule is C1=CCCCCCCC2CN3CCC=CC=CCCCCC4=CN(CCC=C1)CC(=C4)C2CC3. The van der Waals surface area contributed by atoms with E-state index in [9.17, 15) is 0 Å². The van der Waals surface area contributed by atoms with Crippen molar-refractivity contribution in [1.29, 1.82) is 0 Å². The first-order valence-corrected chi connectivity index (χ1v) is 14.4. The van der Waals surface area contributed by atoms with Crippen molar-refractivity contribution in [3.05, 3.63) is 72.0 Å². The summed E-state index contributed by atoms with van der Waals surface area (Å²) in [6, 6.07) is 0. The lowest BCUT2D eigenvalue weighted by Crippen LogP contribution is -2.43. The van der Waals surface area contributed by atoms with Gasteiger partial charge in [0.2, 0.25) is 0 Å². The van der Waals surface area contributed by atoms with Gasteiger partial charge in [0.25, 0.3) is 0 Å². The van der Waals surface area contributed by atoms with Crippen LogP contribution in [0.3, 0.4) is 0 Å². The highest BCUT2D eigenvalue weighted by Gasteiger charge is 2.32. The third kappa shape index (κ3) is 8.45. The fourth-order valence-electron chi connectivity index (χ4n) is 6.24. The Hall–Kier alpha value is -1.80. The highest BCUT2D eigenvalue weighted by molar-refractivity contribution is 5.31. The van der Waals surface area contributed by atoms with Crippen LogP contribution in [0.2, 0.25) is 0 Å². The van der Waals surface area contributed by atoms with Crippen molar-refractivity contribution in [1.82, 2.24) is 9.80 Å². The van der Waals surface area contributed by atoms with Gasteiger partial charge >= 0.3 is 0 Å². The molecule has 0 amide bonds. The molecule has 5 aliphatic heterocycles. The lowest BCUT2D eigenvalue weighted by Gasteiger charge is -2.42. The standard InChI is InChI=1S/C32H48N2/c1-2-5-10-14-18-23-34-26-29-19-15-11-7-4-6-9-13-17-22-33-24-21-32(31(25-29)28-34)30(27-33)20-16-12-8-3-1/h2,4-6,9-10,13-14,25-26,30,32H,1,3,7-8,11-12,15-24,27-28H2. The molecule has 3 atom stereocenters. The van der Waals surface area contributed by atoms with Gasteiger partial charge in [0, 0.05) is 32.4 Å². The Labute approximate surface area is 209 Å². The van der Waals surface area contributed by atoms with E-state index in [0.717, 1.165) is 31.3 Å². The van der Waals surface area contributed by atoms with Gasteiger partial charge in [0.15, 0.2) is 0 Å². The molecule has 0 aliphatic carbocycles. The van der Waals surface area contributed by atoms with E-state index >= 15 is 0 Å². The van der Waals surface area contributed by atoms with Crippen LogP contribution in [0.4, 0.5) is 0 Å². The highest BCUT2D eigenvalue weighted by atomic mass is 15.1. The molecule has 0 aromatic rings. The molecule has 0 saturated carbocycles. The maximum absolute atomic E-state index is 2.77. The zero-order chi connectivity index (χ0) is 23.3. The van der Waals surface area contributed by atoms with E-state index in [2.05, 4.69) is 70.7 Å². The number of piperidine rings is 1. The zero-order valence-electron chi connectivity index (χ0n) is 21.6. The third-order valence-corrected chi connectivity index (χ3v) is 8.14. The van der Waals surface area contributed by atoms with E-state index < -0.39 is 0 Å². The topological polar surface area (TPSA) is 6.48 Å². The van der Waals surface area contributed by atoms with Crippen LogP contribution in [0.1, 0.15) is 83.5 Å². The zero-order valence-corrected chi connectivity index (χ0v) is 21.6. The van der Waals surface area contributed by atoms with Crippen LogP contribution in [-0.2, 0) is 0 Å². The minimum atomic E-state index is 0.781. The molecule has 3 unspecified atom stereocenters. The van der Waals surface area contributed by atoms with Crippen molar-refractivity contribution < 1.29 is 0 Å². The largest absolute Gasteiger partial charge is 0.373 e. The van der Waals surface area contributed by atoms with Crippen molar-refractivity contribution in [3.8, 4) is 0 Å². The Morgan fingerprint density at radius 1 is 0.647 bits per heavy atom. The van der Waals surface area contributed by atoms with Crippen LogP contribution < -0.4 is 0 Å². The quantitative estimate of drug-likeness (QED) is 0.361. The first-order valence-electron chi connectivity index (χ1n) is 14.4. The fourth-order valence-corrected chi connectivity index (χ4v) is 6.24. The van der Waals surface area contributed by atoms with Gasteiger partial charge < -0.3 is 9.80 Å². The Morgan fingerprint density at radius 2 is 1.35 bits per heavy atom. The van der Waals surface area contributed by atoms with Crippen LogP contribution >= 0.6 is 0 Å². The second-order valence-electron chi connectivity index (χ2n) is 10.9. The summed E-state index contributed by atoms with van der Waals surface area (Å²) in [6.07, 6.45) is 40.6. The van der Waals surface area contributed by atoms with Crippen LogP contribution in [-0.4, -0.2) is 42.5 Å². The number of allylic oxidation sites excluding steroid dienone is 8. The third-order valence-electron chi connectivity index (χ3n) is 8.14. The van der Waals surface area contributed by atoms with E-state index in [1.54, 1.807) is 11.1 Å². The molecule has 1 fully saturated rings. The molecule has 5 heterocycles. The number of nitrogens with zero attached hydrogens (tertiary/aromatic N) is 2. The average molecular weight is 461 g/mol. The summed E-state index contributed by atoms with van der Waals surface area (Å²) in [5, 5.41) is 0. The summed E-state index contributed by atoms with van der Waals surface area (Å²) in [5.74, 6) is 1.61. The number of fused-ring (bicyclic) bond motifs is 9. The first kappa shape index (κ1) is 25.3. The maximum Gasteiger partial charge on any atom is 0.0389 e. The monoisotopic (exact) mass is 460 g/mol. The van der Waals surface area contributed by atoms with Crippen molar-refractivity contribution in [2.75, 3.05) is 32.7 Å². The molecule has 186 valence electrons. The van der Waals surface area contributed by atoms with E-state index in [1.807, 2.05) is 0 Å². The highest BCUT2D eigenvalue weighted by Crippen LogP contribution is 2.36. The normalized spacial score (nSPS) is 30.1. The molecule has 2 heteroatoms. The molecular formula is C32H48N2. The second-order valence-corrected chi connectivity index (χ2v) is 10.9. The number of rotatable bonds is 0. The molecule has 5 aliphatic rings. The maximum atomic E-state index is 2.77. The van der Waals surface area contributed by atoms with E-state index in [0.29, 0.717) is 0 Å². The first-order chi connectivity index (χ1) is 16.9. The Kier molecular flexibility index (Phi) is 10.8. The van der Waals surface area contributed by atoms with Crippen LogP contribution in [0.15, 0.2) is 72.0 Å². The summed E-state index contributed by atoms with van der Waals surface area (Å²) >= 11 is 0. The van der Waals surface area contributed by atoms with Gasteiger partial charge in [-0.25, -0.2) is 0 Å². The van der Waals surface area contributed by atoms with Gasteiger partial charge in [-0.3, -0.25) is 0 Å². The molecular weight excluding hydrogens is 412 g/mol. The minimum absolute atomic E-state index is 0.781. The molecule has 2 nitrogen and oxygen atoms in total. The van der Waals surface area contributed by atoms with Gasteiger partial charge in [-0.05, 0) is 93.7 Å². The van der Waals surface area contributed by atoms with E-state index in [4.69, 9.17) is 0 Å². The number of hydrogen-bond donors (Lipinski definition) is 0. The lowest BCUT2D eigenvalue weighted by atomic mass is 9.76. The molecule has 0 aromatic carbocycles. The Bertz CT molecular complexity index is 781. The minimum Gasteiger partial charge on any atom is -0.373 e. The van der Waals surface area contributed by atoms with Gasteiger partial charge in [-0.15, -0.1) is 0 Å². The molecule has 1 saturated heterocycles.